The van der Waals surface area contributed by atoms with E-state index in [0.717, 1.165) is 5.56 Å². The van der Waals surface area contributed by atoms with Crippen molar-refractivity contribution in [2.24, 2.45) is 10.7 Å². The van der Waals surface area contributed by atoms with Crippen molar-refractivity contribution < 1.29 is 4.74 Å². The van der Waals surface area contributed by atoms with Gasteiger partial charge in [0.2, 0.25) is 0 Å². The highest BCUT2D eigenvalue weighted by atomic mass is 16.5. The van der Waals surface area contributed by atoms with E-state index < -0.39 is 0 Å². The van der Waals surface area contributed by atoms with Gasteiger partial charge in [-0.2, -0.15) is 0 Å². The summed E-state index contributed by atoms with van der Waals surface area (Å²) in [4.78, 5) is 12.2. The van der Waals surface area contributed by atoms with E-state index >= 15 is 0 Å². The number of aromatic nitrogens is 2. The molecule has 16 heavy (non-hydrogen) atoms. The van der Waals surface area contributed by atoms with Crippen LogP contribution in [0.4, 0.5) is 5.82 Å². The largest absolute Gasteiger partial charge is 0.377 e. The normalized spacial score (nSPS) is 11.6. The van der Waals surface area contributed by atoms with E-state index in [4.69, 9.17) is 10.5 Å². The number of aryl methyl sites for hydroxylation is 1. The van der Waals surface area contributed by atoms with Crippen LogP contribution in [-0.2, 0) is 11.3 Å². The van der Waals surface area contributed by atoms with E-state index in [1.807, 2.05) is 13.8 Å². The average molecular weight is 223 g/mol. The molecule has 0 atom stereocenters. The molecule has 1 rings (SSSR count). The summed E-state index contributed by atoms with van der Waals surface area (Å²) in [5.74, 6) is 1.63. The maximum absolute atomic E-state index is 5.59. The van der Waals surface area contributed by atoms with Crippen LogP contribution in [0.25, 0.3) is 0 Å². The zero-order chi connectivity index (χ0) is 12.0. The van der Waals surface area contributed by atoms with Gasteiger partial charge in [-0.15, -0.1) is 0 Å². The highest BCUT2D eigenvalue weighted by molar-refractivity contribution is 5.91. The number of nitrogens with two attached hydrogens (primary N) is 1. The van der Waals surface area contributed by atoms with Gasteiger partial charge in [-0.05, 0) is 13.8 Å². The molecule has 0 radical (unpaired) electrons. The number of guanidine groups is 1. The number of nitrogens with one attached hydrogen (secondary N) is 1. The molecule has 0 fully saturated rings. The van der Waals surface area contributed by atoms with Crippen LogP contribution in [0, 0.1) is 6.92 Å². The summed E-state index contributed by atoms with van der Waals surface area (Å²) < 4.78 is 5.31. The van der Waals surface area contributed by atoms with Gasteiger partial charge in [0.25, 0.3) is 0 Å². The molecule has 0 unspecified atom stereocenters. The first kappa shape index (κ1) is 12.4. The third kappa shape index (κ3) is 3.47. The maximum Gasteiger partial charge on any atom is 0.194 e. The number of hydrogen-bond donors (Lipinski definition) is 2. The summed E-state index contributed by atoms with van der Waals surface area (Å²) in [6.07, 6.45) is 1.73. The van der Waals surface area contributed by atoms with E-state index in [-0.39, 0.29) is 0 Å². The number of anilines is 1. The Balaban J connectivity index is 2.89. The topological polar surface area (TPSA) is 85.4 Å². The first-order chi connectivity index (χ1) is 7.67. The minimum Gasteiger partial charge on any atom is -0.377 e. The van der Waals surface area contributed by atoms with Crippen LogP contribution >= 0.6 is 0 Å². The lowest BCUT2D eigenvalue weighted by atomic mass is 10.3. The summed E-state index contributed by atoms with van der Waals surface area (Å²) in [7, 11) is 1.61. The molecule has 1 heterocycles. The second kappa shape index (κ2) is 6.02. The predicted molar refractivity (Wildman–Crippen MR) is 63.3 cm³/mol. The Morgan fingerprint density at radius 3 is 3.00 bits per heavy atom. The van der Waals surface area contributed by atoms with Gasteiger partial charge in [-0.3, -0.25) is 4.99 Å². The van der Waals surface area contributed by atoms with Crippen LogP contribution < -0.4 is 11.1 Å². The molecule has 6 heteroatoms. The number of ether oxygens (including phenoxy) is 1. The van der Waals surface area contributed by atoms with Gasteiger partial charge in [-0.25, -0.2) is 9.97 Å². The second-order valence-corrected chi connectivity index (χ2v) is 3.16. The summed E-state index contributed by atoms with van der Waals surface area (Å²) in [6, 6.07) is 0. The molecule has 0 spiro atoms. The fourth-order valence-electron chi connectivity index (χ4n) is 1.10. The fraction of sp³-hybridized carbons (Fsp3) is 0.500. The Morgan fingerprint density at radius 2 is 2.38 bits per heavy atom. The van der Waals surface area contributed by atoms with Crippen LogP contribution in [0.15, 0.2) is 11.2 Å². The van der Waals surface area contributed by atoms with Gasteiger partial charge in [0.1, 0.15) is 11.6 Å². The van der Waals surface area contributed by atoms with E-state index in [1.54, 1.807) is 13.2 Å². The molecule has 3 N–H and O–H groups in total. The third-order valence-electron chi connectivity index (χ3n) is 1.93. The van der Waals surface area contributed by atoms with Crippen molar-refractivity contribution in [2.45, 2.75) is 20.5 Å². The van der Waals surface area contributed by atoms with E-state index in [9.17, 15) is 0 Å². The van der Waals surface area contributed by atoms with Crippen LogP contribution in [0.5, 0.6) is 0 Å². The molecule has 1 aromatic heterocycles. The summed E-state index contributed by atoms with van der Waals surface area (Å²) in [5, 5.41) is 2.91. The zero-order valence-electron chi connectivity index (χ0n) is 9.82. The van der Waals surface area contributed by atoms with Crippen molar-refractivity contribution in [3.63, 3.8) is 0 Å². The molecule has 0 aliphatic rings. The second-order valence-electron chi connectivity index (χ2n) is 3.16. The lowest BCUT2D eigenvalue weighted by Crippen LogP contribution is -2.24. The molecule has 0 aliphatic heterocycles. The Kier molecular flexibility index (Phi) is 4.65. The van der Waals surface area contributed by atoms with Crippen molar-refractivity contribution >= 4 is 11.8 Å². The number of hydrogen-bond acceptors (Lipinski definition) is 4. The molecular formula is C10H17N5O. The summed E-state index contributed by atoms with van der Waals surface area (Å²) in [6.45, 7) is 4.85. The van der Waals surface area contributed by atoms with Crippen LogP contribution in [0.1, 0.15) is 18.3 Å². The van der Waals surface area contributed by atoms with Gasteiger partial charge >= 0.3 is 0 Å². The Bertz CT molecular complexity index is 377. The maximum atomic E-state index is 5.59. The molecule has 6 nitrogen and oxygen atoms in total. The summed E-state index contributed by atoms with van der Waals surface area (Å²) >= 11 is 0. The van der Waals surface area contributed by atoms with Crippen molar-refractivity contribution in [1.29, 1.82) is 0 Å². The van der Waals surface area contributed by atoms with Crippen molar-refractivity contribution in [3.05, 3.63) is 17.6 Å². The third-order valence-corrected chi connectivity index (χ3v) is 1.93. The standard InChI is InChI=1S/C10H17N5O/c1-4-16-6-8-5-13-7(2)14-9(8)15-10(11)12-3/h5H,4,6H2,1-3H3,(H3,11,12,13,14,15). The van der Waals surface area contributed by atoms with Gasteiger partial charge in [0.05, 0.1) is 6.61 Å². The van der Waals surface area contributed by atoms with E-state index in [2.05, 4.69) is 20.3 Å². The average Bonchev–Trinajstić information content (AvgIpc) is 2.28. The smallest absolute Gasteiger partial charge is 0.194 e. The quantitative estimate of drug-likeness (QED) is 0.579. The number of aliphatic imine (C=N–C) groups is 1. The molecule has 0 amide bonds. The van der Waals surface area contributed by atoms with Crippen LogP contribution in [0.2, 0.25) is 0 Å². The molecular weight excluding hydrogens is 206 g/mol. The molecule has 0 saturated heterocycles. The lowest BCUT2D eigenvalue weighted by Gasteiger charge is -2.10. The minimum atomic E-state index is 0.316. The zero-order valence-corrected chi connectivity index (χ0v) is 9.82. The Hall–Kier alpha value is -1.69. The van der Waals surface area contributed by atoms with Gasteiger partial charge in [0, 0.05) is 25.4 Å². The molecule has 1 aromatic rings. The molecule has 0 aromatic carbocycles. The van der Waals surface area contributed by atoms with E-state index in [0.29, 0.717) is 30.8 Å². The first-order valence-electron chi connectivity index (χ1n) is 5.07. The van der Waals surface area contributed by atoms with Crippen molar-refractivity contribution in [3.8, 4) is 0 Å². The van der Waals surface area contributed by atoms with Gasteiger partial charge in [0.15, 0.2) is 5.96 Å². The SMILES string of the molecule is CCOCc1cnc(C)nc1NC(N)=NC. The molecule has 0 aliphatic carbocycles. The van der Waals surface area contributed by atoms with Crippen LogP contribution in [-0.4, -0.2) is 29.6 Å². The fourth-order valence-corrected chi connectivity index (χ4v) is 1.10. The molecule has 88 valence electrons. The Labute approximate surface area is 95.0 Å². The lowest BCUT2D eigenvalue weighted by molar-refractivity contribution is 0.134. The number of rotatable bonds is 4. The highest BCUT2D eigenvalue weighted by Gasteiger charge is 2.06. The monoisotopic (exact) mass is 223 g/mol. The molecule has 0 bridgehead atoms. The van der Waals surface area contributed by atoms with Gasteiger partial charge < -0.3 is 15.8 Å². The minimum absolute atomic E-state index is 0.316. The molecule has 0 saturated carbocycles. The summed E-state index contributed by atoms with van der Waals surface area (Å²) in [5.41, 5.74) is 6.45. The Morgan fingerprint density at radius 1 is 1.62 bits per heavy atom. The van der Waals surface area contributed by atoms with Crippen molar-refractivity contribution in [2.75, 3.05) is 19.0 Å². The van der Waals surface area contributed by atoms with Gasteiger partial charge in [-0.1, -0.05) is 0 Å². The van der Waals surface area contributed by atoms with Crippen molar-refractivity contribution in [1.82, 2.24) is 9.97 Å². The van der Waals surface area contributed by atoms with Crippen LogP contribution in [0.3, 0.4) is 0 Å². The number of nitrogens with zero attached hydrogens (tertiary/aromatic N) is 3. The predicted octanol–water partition coefficient (Wildman–Crippen LogP) is 0.678. The van der Waals surface area contributed by atoms with E-state index in [1.165, 1.54) is 0 Å². The highest BCUT2D eigenvalue weighted by Crippen LogP contribution is 2.12. The first-order valence-corrected chi connectivity index (χ1v) is 5.07.